The predicted molar refractivity (Wildman–Crippen MR) is 83.0 cm³/mol. The van der Waals surface area contributed by atoms with Crippen LogP contribution >= 0.6 is 11.3 Å². The van der Waals surface area contributed by atoms with Crippen LogP contribution < -0.4 is 5.32 Å². The highest BCUT2D eigenvalue weighted by molar-refractivity contribution is 7.11. The van der Waals surface area contributed by atoms with E-state index >= 15 is 0 Å². The van der Waals surface area contributed by atoms with Crippen LogP contribution in [0.4, 0.5) is 0 Å². The van der Waals surface area contributed by atoms with Crippen LogP contribution in [0, 0.1) is 11.8 Å². The predicted octanol–water partition coefficient (Wildman–Crippen LogP) is 2.91. The Morgan fingerprint density at radius 1 is 1.25 bits per heavy atom. The number of aromatic nitrogens is 1. The van der Waals surface area contributed by atoms with Crippen LogP contribution in [-0.4, -0.2) is 22.7 Å². The number of nitrogens with zero attached hydrogens (tertiary/aromatic N) is 1. The standard InChI is InChI=1S/C16H26N2OS/c1-11-2-7-14-15(8-11)20-16(18-14)9-17-13-5-3-12(10-19)4-6-13/h11-13,17,19H,2-10H2,1H3. The lowest BCUT2D eigenvalue weighted by molar-refractivity contribution is 0.175. The molecule has 0 amide bonds. The van der Waals surface area contributed by atoms with E-state index in [0.29, 0.717) is 18.6 Å². The van der Waals surface area contributed by atoms with E-state index in [4.69, 9.17) is 4.98 Å². The fourth-order valence-corrected chi connectivity index (χ4v) is 4.68. The summed E-state index contributed by atoms with van der Waals surface area (Å²) in [5, 5.41) is 14.1. The van der Waals surface area contributed by atoms with Gasteiger partial charge in [-0.05, 0) is 56.8 Å². The first-order valence-corrected chi connectivity index (χ1v) is 8.88. The zero-order valence-electron chi connectivity index (χ0n) is 12.4. The van der Waals surface area contributed by atoms with Crippen LogP contribution in [0.3, 0.4) is 0 Å². The van der Waals surface area contributed by atoms with E-state index in [2.05, 4.69) is 12.2 Å². The summed E-state index contributed by atoms with van der Waals surface area (Å²) in [5.41, 5.74) is 1.37. The van der Waals surface area contributed by atoms with Gasteiger partial charge in [0.1, 0.15) is 5.01 Å². The van der Waals surface area contributed by atoms with Crippen LogP contribution in [0.25, 0.3) is 0 Å². The van der Waals surface area contributed by atoms with Gasteiger partial charge in [0.2, 0.25) is 0 Å². The minimum atomic E-state index is 0.365. The Hall–Kier alpha value is -0.450. The molecule has 3 nitrogen and oxygen atoms in total. The Kier molecular flexibility index (Phi) is 4.74. The van der Waals surface area contributed by atoms with Crippen molar-refractivity contribution in [1.29, 1.82) is 0 Å². The molecule has 0 spiro atoms. The molecule has 112 valence electrons. The molecule has 0 aromatic carbocycles. The van der Waals surface area contributed by atoms with Crippen molar-refractivity contribution in [2.24, 2.45) is 11.8 Å². The lowest BCUT2D eigenvalue weighted by Gasteiger charge is -2.27. The topological polar surface area (TPSA) is 45.2 Å². The highest BCUT2D eigenvalue weighted by Crippen LogP contribution is 2.30. The molecule has 1 heterocycles. The van der Waals surface area contributed by atoms with Crippen molar-refractivity contribution in [3.8, 4) is 0 Å². The van der Waals surface area contributed by atoms with Crippen molar-refractivity contribution < 1.29 is 5.11 Å². The van der Waals surface area contributed by atoms with E-state index in [1.165, 1.54) is 60.5 Å². The fourth-order valence-electron chi connectivity index (χ4n) is 3.45. The highest BCUT2D eigenvalue weighted by Gasteiger charge is 2.22. The average Bonchev–Trinajstić information content (AvgIpc) is 2.87. The lowest BCUT2D eigenvalue weighted by Crippen LogP contribution is -2.33. The molecule has 0 radical (unpaired) electrons. The lowest BCUT2D eigenvalue weighted by atomic mass is 9.86. The van der Waals surface area contributed by atoms with Gasteiger partial charge >= 0.3 is 0 Å². The second kappa shape index (κ2) is 6.54. The monoisotopic (exact) mass is 294 g/mol. The van der Waals surface area contributed by atoms with Gasteiger partial charge in [0.15, 0.2) is 0 Å². The van der Waals surface area contributed by atoms with Gasteiger partial charge < -0.3 is 10.4 Å². The summed E-state index contributed by atoms with van der Waals surface area (Å²) in [4.78, 5) is 6.35. The van der Waals surface area contributed by atoms with Crippen LogP contribution in [-0.2, 0) is 19.4 Å². The van der Waals surface area contributed by atoms with Crippen LogP contribution in [0.1, 0.15) is 54.6 Å². The van der Waals surface area contributed by atoms with Crippen molar-refractivity contribution in [3.63, 3.8) is 0 Å². The maximum Gasteiger partial charge on any atom is 0.107 e. The van der Waals surface area contributed by atoms with Gasteiger partial charge in [0.05, 0.1) is 5.69 Å². The van der Waals surface area contributed by atoms with Gasteiger partial charge in [0.25, 0.3) is 0 Å². The smallest absolute Gasteiger partial charge is 0.107 e. The first-order chi connectivity index (χ1) is 9.74. The number of hydrogen-bond donors (Lipinski definition) is 2. The molecule has 1 fully saturated rings. The van der Waals surface area contributed by atoms with E-state index in [0.717, 1.165) is 12.5 Å². The molecule has 1 aromatic rings. The Morgan fingerprint density at radius 2 is 2.05 bits per heavy atom. The molecule has 0 bridgehead atoms. The maximum absolute atomic E-state index is 9.17. The van der Waals surface area contributed by atoms with E-state index < -0.39 is 0 Å². The molecule has 1 unspecified atom stereocenters. The molecule has 2 aliphatic rings. The molecular formula is C16H26N2OS. The van der Waals surface area contributed by atoms with Crippen LogP contribution in [0.5, 0.6) is 0 Å². The first-order valence-electron chi connectivity index (χ1n) is 8.06. The second-order valence-corrected chi connectivity index (χ2v) is 7.77. The molecule has 1 aromatic heterocycles. The summed E-state index contributed by atoms with van der Waals surface area (Å²) in [5.74, 6) is 1.37. The minimum absolute atomic E-state index is 0.365. The number of nitrogens with one attached hydrogen (secondary N) is 1. The third kappa shape index (κ3) is 3.41. The van der Waals surface area contributed by atoms with E-state index in [1.54, 1.807) is 0 Å². The average molecular weight is 294 g/mol. The number of hydrogen-bond acceptors (Lipinski definition) is 4. The number of aryl methyl sites for hydroxylation is 1. The molecule has 2 aliphatic carbocycles. The molecule has 1 atom stereocenters. The van der Waals surface area contributed by atoms with Gasteiger partial charge in [-0.25, -0.2) is 4.98 Å². The Morgan fingerprint density at radius 3 is 2.80 bits per heavy atom. The van der Waals surface area contributed by atoms with Gasteiger partial charge in [-0.15, -0.1) is 11.3 Å². The van der Waals surface area contributed by atoms with E-state index in [-0.39, 0.29) is 0 Å². The number of rotatable bonds is 4. The first kappa shape index (κ1) is 14.5. The SMILES string of the molecule is CC1CCc2nc(CNC3CCC(CO)CC3)sc2C1. The molecule has 0 saturated heterocycles. The van der Waals surface area contributed by atoms with Crippen molar-refractivity contribution in [2.45, 2.75) is 64.5 Å². The summed E-state index contributed by atoms with van der Waals surface area (Å²) in [7, 11) is 0. The molecule has 2 N–H and O–H groups in total. The zero-order chi connectivity index (χ0) is 13.9. The molecule has 4 heteroatoms. The third-order valence-corrected chi connectivity index (χ3v) is 6.00. The summed E-state index contributed by atoms with van der Waals surface area (Å²) in [6, 6.07) is 0.623. The van der Waals surface area contributed by atoms with Gasteiger partial charge in [-0.1, -0.05) is 6.92 Å². The largest absolute Gasteiger partial charge is 0.396 e. The second-order valence-electron chi connectivity index (χ2n) is 6.61. The van der Waals surface area contributed by atoms with Gasteiger partial charge in [-0.2, -0.15) is 0 Å². The molecule has 3 rings (SSSR count). The summed E-state index contributed by atoms with van der Waals surface area (Å²) < 4.78 is 0. The normalized spacial score (nSPS) is 30.2. The Bertz CT molecular complexity index is 438. The number of thiazole rings is 1. The number of aliphatic hydroxyl groups excluding tert-OH is 1. The molecule has 1 saturated carbocycles. The Labute approximate surface area is 125 Å². The number of aliphatic hydroxyl groups is 1. The van der Waals surface area contributed by atoms with Crippen molar-refractivity contribution in [3.05, 3.63) is 15.6 Å². The number of fused-ring (bicyclic) bond motifs is 1. The van der Waals surface area contributed by atoms with E-state index in [1.807, 2.05) is 11.3 Å². The molecule has 0 aliphatic heterocycles. The third-order valence-electron chi connectivity index (χ3n) is 4.88. The van der Waals surface area contributed by atoms with Crippen LogP contribution in [0.15, 0.2) is 0 Å². The fraction of sp³-hybridized carbons (Fsp3) is 0.812. The quantitative estimate of drug-likeness (QED) is 0.897. The summed E-state index contributed by atoms with van der Waals surface area (Å²) in [6.45, 7) is 3.64. The molecule has 20 heavy (non-hydrogen) atoms. The summed E-state index contributed by atoms with van der Waals surface area (Å²) in [6.07, 6.45) is 8.44. The van der Waals surface area contributed by atoms with Gasteiger partial charge in [0, 0.05) is 24.1 Å². The maximum atomic E-state index is 9.17. The Balaban J connectivity index is 1.49. The van der Waals surface area contributed by atoms with Crippen molar-refractivity contribution in [2.75, 3.05) is 6.61 Å². The van der Waals surface area contributed by atoms with Gasteiger partial charge in [-0.3, -0.25) is 0 Å². The van der Waals surface area contributed by atoms with E-state index in [9.17, 15) is 5.11 Å². The highest BCUT2D eigenvalue weighted by atomic mass is 32.1. The summed E-state index contributed by atoms with van der Waals surface area (Å²) >= 11 is 1.92. The molecular weight excluding hydrogens is 268 g/mol. The van der Waals surface area contributed by atoms with Crippen molar-refractivity contribution >= 4 is 11.3 Å². The van der Waals surface area contributed by atoms with Crippen molar-refractivity contribution in [1.82, 2.24) is 10.3 Å². The zero-order valence-corrected chi connectivity index (χ0v) is 13.2. The minimum Gasteiger partial charge on any atom is -0.396 e. The van der Waals surface area contributed by atoms with Crippen LogP contribution in [0.2, 0.25) is 0 Å².